The number of rotatable bonds is 2. The molecule has 0 unspecified atom stereocenters. The summed E-state index contributed by atoms with van der Waals surface area (Å²) >= 11 is 0. The van der Waals surface area contributed by atoms with E-state index >= 15 is 0 Å². The van der Waals surface area contributed by atoms with E-state index in [-0.39, 0.29) is 23.7 Å². The van der Waals surface area contributed by atoms with Crippen molar-refractivity contribution in [3.05, 3.63) is 17.8 Å². The number of aromatic carboxylic acids is 1. The topological polar surface area (TPSA) is 99.8 Å². The number of piperazine rings is 1. The van der Waals surface area contributed by atoms with E-state index in [0.717, 1.165) is 0 Å². The van der Waals surface area contributed by atoms with Crippen LogP contribution in [0.15, 0.2) is 12.3 Å². The molecule has 1 fully saturated rings. The first-order valence-corrected chi connectivity index (χ1v) is 5.47. The van der Waals surface area contributed by atoms with Crippen LogP contribution in [-0.2, 0) is 4.79 Å². The van der Waals surface area contributed by atoms with Gasteiger partial charge in [0.1, 0.15) is 0 Å². The number of hydrogen-bond acceptors (Lipinski definition) is 5. The lowest BCUT2D eigenvalue weighted by Gasteiger charge is -2.33. The summed E-state index contributed by atoms with van der Waals surface area (Å²) in [6.07, 6.45) is 1.25. The minimum atomic E-state index is -1.07. The van der Waals surface area contributed by atoms with Crippen LogP contribution in [0.5, 0.6) is 0 Å². The molecule has 0 aromatic carbocycles. The van der Waals surface area contributed by atoms with E-state index in [2.05, 4.69) is 4.98 Å². The molecule has 0 atom stereocenters. The van der Waals surface area contributed by atoms with Crippen molar-refractivity contribution < 1.29 is 14.7 Å². The van der Waals surface area contributed by atoms with Crippen LogP contribution in [0.1, 0.15) is 10.4 Å². The molecule has 96 valence electrons. The Bertz CT molecular complexity index is 503. The predicted molar refractivity (Wildman–Crippen MR) is 65.5 cm³/mol. The Labute approximate surface area is 104 Å². The van der Waals surface area contributed by atoms with Crippen molar-refractivity contribution in [3.63, 3.8) is 0 Å². The molecule has 2 rings (SSSR count). The van der Waals surface area contributed by atoms with Crippen LogP contribution in [0.2, 0.25) is 0 Å². The number of anilines is 2. The second kappa shape index (κ2) is 4.52. The molecule has 1 aromatic rings. The number of amides is 1. The van der Waals surface area contributed by atoms with Crippen molar-refractivity contribution in [1.29, 1.82) is 0 Å². The number of nitrogen functional groups attached to an aromatic ring is 1. The lowest BCUT2D eigenvalue weighted by molar-refractivity contribution is -0.129. The molecule has 7 heteroatoms. The number of carbonyl (C=O) groups excluding carboxylic acids is 1. The minimum absolute atomic E-state index is 0.00948. The summed E-state index contributed by atoms with van der Waals surface area (Å²) in [4.78, 5) is 29.8. The number of nitrogens with two attached hydrogens (primary N) is 1. The maximum absolute atomic E-state index is 11.6. The van der Waals surface area contributed by atoms with E-state index in [4.69, 9.17) is 10.8 Å². The molecule has 2 heterocycles. The lowest BCUT2D eigenvalue weighted by Crippen LogP contribution is -2.49. The number of carboxylic acids is 1. The van der Waals surface area contributed by atoms with E-state index in [0.29, 0.717) is 18.9 Å². The van der Waals surface area contributed by atoms with Gasteiger partial charge in [-0.25, -0.2) is 9.78 Å². The quantitative estimate of drug-likeness (QED) is 0.743. The Hall–Kier alpha value is -2.31. The van der Waals surface area contributed by atoms with Crippen molar-refractivity contribution >= 4 is 23.4 Å². The SMILES string of the molecule is CN1CCN(c2ncc(C(=O)O)cc2N)CC1=O. The third-order valence-electron chi connectivity index (χ3n) is 2.90. The van der Waals surface area contributed by atoms with Crippen LogP contribution in [0, 0.1) is 0 Å². The molecule has 0 radical (unpaired) electrons. The summed E-state index contributed by atoms with van der Waals surface area (Å²) in [7, 11) is 1.74. The number of carbonyl (C=O) groups is 2. The van der Waals surface area contributed by atoms with Gasteiger partial charge in [0.15, 0.2) is 5.82 Å². The highest BCUT2D eigenvalue weighted by Gasteiger charge is 2.23. The third kappa shape index (κ3) is 2.20. The molecule has 1 aliphatic heterocycles. The molecule has 7 nitrogen and oxygen atoms in total. The number of aromatic nitrogens is 1. The Balaban J connectivity index is 2.24. The largest absolute Gasteiger partial charge is 0.478 e. The molecule has 1 amide bonds. The van der Waals surface area contributed by atoms with Crippen LogP contribution >= 0.6 is 0 Å². The summed E-state index contributed by atoms with van der Waals surface area (Å²) in [5, 5.41) is 8.82. The maximum atomic E-state index is 11.6. The van der Waals surface area contributed by atoms with Gasteiger partial charge in [-0.1, -0.05) is 0 Å². The fourth-order valence-corrected chi connectivity index (χ4v) is 1.79. The number of carboxylic acid groups (broad SMARTS) is 1. The molecule has 0 spiro atoms. The standard InChI is InChI=1S/C11H14N4O3/c1-14-2-3-15(6-9(14)16)10-8(12)4-7(5-13-10)11(17)18/h4-5H,2-3,6,12H2,1H3,(H,17,18). The lowest BCUT2D eigenvalue weighted by atomic mass is 10.2. The summed E-state index contributed by atoms with van der Waals surface area (Å²) < 4.78 is 0. The molecule has 0 bridgehead atoms. The third-order valence-corrected chi connectivity index (χ3v) is 2.90. The Morgan fingerprint density at radius 3 is 2.78 bits per heavy atom. The summed E-state index contributed by atoms with van der Waals surface area (Å²) in [5.41, 5.74) is 6.09. The molecule has 1 saturated heterocycles. The first-order valence-electron chi connectivity index (χ1n) is 5.47. The fraction of sp³-hybridized carbons (Fsp3) is 0.364. The van der Waals surface area contributed by atoms with Gasteiger partial charge in [-0.05, 0) is 6.07 Å². The van der Waals surface area contributed by atoms with Crippen LogP contribution in [-0.4, -0.2) is 53.5 Å². The Morgan fingerprint density at radius 1 is 1.50 bits per heavy atom. The Morgan fingerprint density at radius 2 is 2.22 bits per heavy atom. The van der Waals surface area contributed by atoms with Gasteiger partial charge in [0, 0.05) is 26.3 Å². The fourth-order valence-electron chi connectivity index (χ4n) is 1.79. The molecule has 1 aliphatic rings. The average Bonchev–Trinajstić information content (AvgIpc) is 2.32. The second-order valence-electron chi connectivity index (χ2n) is 4.18. The maximum Gasteiger partial charge on any atom is 0.337 e. The van der Waals surface area contributed by atoms with Gasteiger partial charge in [0.05, 0.1) is 17.8 Å². The van der Waals surface area contributed by atoms with Gasteiger partial charge in [0.25, 0.3) is 0 Å². The zero-order chi connectivity index (χ0) is 13.3. The molecule has 3 N–H and O–H groups in total. The second-order valence-corrected chi connectivity index (χ2v) is 4.18. The van der Waals surface area contributed by atoms with Gasteiger partial charge in [-0.2, -0.15) is 0 Å². The van der Waals surface area contributed by atoms with E-state index < -0.39 is 5.97 Å². The monoisotopic (exact) mass is 250 g/mol. The van der Waals surface area contributed by atoms with Crippen LogP contribution in [0.3, 0.4) is 0 Å². The molecule has 0 saturated carbocycles. The molecule has 0 aliphatic carbocycles. The number of nitrogens with zero attached hydrogens (tertiary/aromatic N) is 3. The van der Waals surface area contributed by atoms with Crippen LogP contribution in [0.25, 0.3) is 0 Å². The number of hydrogen-bond donors (Lipinski definition) is 2. The van der Waals surface area contributed by atoms with Gasteiger partial charge in [-0.3, -0.25) is 4.79 Å². The minimum Gasteiger partial charge on any atom is -0.478 e. The summed E-state index contributed by atoms with van der Waals surface area (Å²) in [6, 6.07) is 1.35. The first kappa shape index (κ1) is 12.2. The van der Waals surface area contributed by atoms with E-state index in [1.54, 1.807) is 16.8 Å². The number of pyridine rings is 1. The molecular formula is C11H14N4O3. The zero-order valence-corrected chi connectivity index (χ0v) is 9.96. The summed E-state index contributed by atoms with van der Waals surface area (Å²) in [5.74, 6) is -0.624. The smallest absolute Gasteiger partial charge is 0.337 e. The van der Waals surface area contributed by atoms with Crippen molar-refractivity contribution in [2.45, 2.75) is 0 Å². The summed E-state index contributed by atoms with van der Waals surface area (Å²) in [6.45, 7) is 1.44. The zero-order valence-electron chi connectivity index (χ0n) is 9.96. The Kier molecular flexibility index (Phi) is 3.05. The molecule has 1 aromatic heterocycles. The van der Waals surface area contributed by atoms with Gasteiger partial charge < -0.3 is 20.6 Å². The van der Waals surface area contributed by atoms with E-state index in [9.17, 15) is 9.59 Å². The van der Waals surface area contributed by atoms with E-state index in [1.165, 1.54) is 12.3 Å². The number of likely N-dealkylation sites (N-methyl/N-ethyl adjacent to an activating group) is 1. The van der Waals surface area contributed by atoms with Gasteiger partial charge in [-0.15, -0.1) is 0 Å². The molecular weight excluding hydrogens is 236 g/mol. The predicted octanol–water partition coefficient (Wildman–Crippen LogP) is -0.360. The van der Waals surface area contributed by atoms with Crippen LogP contribution < -0.4 is 10.6 Å². The highest BCUT2D eigenvalue weighted by atomic mass is 16.4. The highest BCUT2D eigenvalue weighted by Crippen LogP contribution is 2.22. The first-order chi connectivity index (χ1) is 8.49. The van der Waals surface area contributed by atoms with Crippen molar-refractivity contribution in [2.24, 2.45) is 0 Å². The van der Waals surface area contributed by atoms with Gasteiger partial charge in [0.2, 0.25) is 5.91 Å². The van der Waals surface area contributed by atoms with Crippen molar-refractivity contribution in [3.8, 4) is 0 Å². The van der Waals surface area contributed by atoms with Crippen molar-refractivity contribution in [2.75, 3.05) is 37.3 Å². The highest BCUT2D eigenvalue weighted by molar-refractivity contribution is 5.90. The van der Waals surface area contributed by atoms with E-state index in [1.807, 2.05) is 0 Å². The normalized spacial score (nSPS) is 15.9. The molecule has 18 heavy (non-hydrogen) atoms. The van der Waals surface area contributed by atoms with Gasteiger partial charge >= 0.3 is 5.97 Å². The van der Waals surface area contributed by atoms with Crippen molar-refractivity contribution in [1.82, 2.24) is 9.88 Å². The average molecular weight is 250 g/mol. The van der Waals surface area contributed by atoms with Crippen LogP contribution in [0.4, 0.5) is 11.5 Å².